The fourth-order valence-electron chi connectivity index (χ4n) is 8.76. The van der Waals surface area contributed by atoms with Crippen LogP contribution in [-0.2, 0) is 6.54 Å². The standard InChI is InChI=1S/C26H36N4O/c1-25(31)9-7-20-18(11-25)3-4-22-21(20)8-10-26(2)23(5-6-24(22)26)19(13-28)16-30-15-17(12-27)14-29-30/h14-15,18-24,31H,3-11,16H2,1-2H3/t18-,19-,20+,21-,22-,23-,24+,25-,26-/m1/s1. The number of nitriles is 2. The highest BCUT2D eigenvalue weighted by Gasteiger charge is 2.58. The summed E-state index contributed by atoms with van der Waals surface area (Å²) < 4.78 is 1.80. The topological polar surface area (TPSA) is 85.6 Å². The van der Waals surface area contributed by atoms with Crippen molar-refractivity contribution in [2.24, 2.45) is 46.8 Å². The van der Waals surface area contributed by atoms with E-state index >= 15 is 0 Å². The minimum absolute atomic E-state index is 0.0425. The van der Waals surface area contributed by atoms with Crippen LogP contribution in [0.25, 0.3) is 0 Å². The zero-order chi connectivity index (χ0) is 21.8. The van der Waals surface area contributed by atoms with Gasteiger partial charge >= 0.3 is 0 Å². The molecule has 1 N–H and O–H groups in total. The van der Waals surface area contributed by atoms with Crippen LogP contribution in [0.1, 0.15) is 77.2 Å². The fourth-order valence-corrected chi connectivity index (χ4v) is 8.76. The summed E-state index contributed by atoms with van der Waals surface area (Å²) in [5.74, 6) is 4.28. The highest BCUT2D eigenvalue weighted by Crippen LogP contribution is 2.65. The van der Waals surface area contributed by atoms with Gasteiger partial charge in [0.1, 0.15) is 6.07 Å². The smallest absolute Gasteiger partial charge is 0.102 e. The number of aromatic nitrogens is 2. The molecular formula is C26H36N4O. The highest BCUT2D eigenvalue weighted by molar-refractivity contribution is 5.21. The van der Waals surface area contributed by atoms with Gasteiger partial charge in [0, 0.05) is 6.20 Å². The minimum atomic E-state index is -0.451. The van der Waals surface area contributed by atoms with Crippen LogP contribution in [0.4, 0.5) is 0 Å². The zero-order valence-electron chi connectivity index (χ0n) is 19.0. The van der Waals surface area contributed by atoms with Crippen LogP contribution in [0, 0.1) is 69.5 Å². The first-order chi connectivity index (χ1) is 14.8. The van der Waals surface area contributed by atoms with Gasteiger partial charge in [-0.1, -0.05) is 6.92 Å². The van der Waals surface area contributed by atoms with Crippen molar-refractivity contribution in [2.45, 2.75) is 83.8 Å². The number of hydrogen-bond donors (Lipinski definition) is 1. The zero-order valence-corrected chi connectivity index (χ0v) is 19.0. The first-order valence-electron chi connectivity index (χ1n) is 12.4. The lowest BCUT2D eigenvalue weighted by Crippen LogP contribution is -2.51. The van der Waals surface area contributed by atoms with Crippen molar-refractivity contribution in [3.63, 3.8) is 0 Å². The van der Waals surface area contributed by atoms with E-state index in [0.717, 1.165) is 42.9 Å². The molecule has 5 nitrogen and oxygen atoms in total. The molecule has 0 bridgehead atoms. The molecule has 1 aromatic rings. The van der Waals surface area contributed by atoms with Gasteiger partial charge in [0.25, 0.3) is 0 Å². The van der Waals surface area contributed by atoms with Gasteiger partial charge in [0.05, 0.1) is 35.9 Å². The molecule has 0 saturated heterocycles. The third-order valence-corrected chi connectivity index (χ3v) is 10.1. The van der Waals surface area contributed by atoms with Gasteiger partial charge in [0.2, 0.25) is 0 Å². The van der Waals surface area contributed by atoms with Crippen molar-refractivity contribution >= 4 is 0 Å². The molecule has 0 amide bonds. The summed E-state index contributed by atoms with van der Waals surface area (Å²) in [5.41, 5.74) is 0.365. The van der Waals surface area contributed by atoms with Crippen molar-refractivity contribution in [1.82, 2.24) is 9.78 Å². The average Bonchev–Trinajstić information content (AvgIpc) is 3.34. The Kier molecular flexibility index (Phi) is 5.17. The van der Waals surface area contributed by atoms with E-state index in [1.54, 1.807) is 17.1 Å². The Morgan fingerprint density at radius 3 is 2.65 bits per heavy atom. The molecule has 0 aromatic carbocycles. The van der Waals surface area contributed by atoms with Crippen LogP contribution in [-0.4, -0.2) is 20.5 Å². The van der Waals surface area contributed by atoms with E-state index in [9.17, 15) is 10.4 Å². The maximum Gasteiger partial charge on any atom is 0.102 e. The Morgan fingerprint density at radius 1 is 1.10 bits per heavy atom. The van der Waals surface area contributed by atoms with Gasteiger partial charge in [-0.3, -0.25) is 4.68 Å². The second kappa shape index (κ2) is 7.63. The van der Waals surface area contributed by atoms with Crippen LogP contribution in [0.2, 0.25) is 0 Å². The second-order valence-corrected chi connectivity index (χ2v) is 11.7. The third kappa shape index (κ3) is 3.50. The third-order valence-electron chi connectivity index (χ3n) is 10.1. The van der Waals surface area contributed by atoms with Crippen LogP contribution in [0.5, 0.6) is 0 Å². The van der Waals surface area contributed by atoms with Crippen LogP contribution < -0.4 is 0 Å². The Bertz CT molecular complexity index is 907. The van der Waals surface area contributed by atoms with Crippen molar-refractivity contribution in [1.29, 1.82) is 10.5 Å². The Morgan fingerprint density at radius 2 is 1.90 bits per heavy atom. The summed E-state index contributed by atoms with van der Waals surface area (Å²) in [5, 5.41) is 34.1. The summed E-state index contributed by atoms with van der Waals surface area (Å²) in [4.78, 5) is 0. The van der Waals surface area contributed by atoms with E-state index in [2.05, 4.69) is 24.2 Å². The molecule has 0 unspecified atom stereocenters. The summed E-state index contributed by atoms with van der Waals surface area (Å²) in [7, 11) is 0. The second-order valence-electron chi connectivity index (χ2n) is 11.7. The summed E-state index contributed by atoms with van der Waals surface area (Å²) in [6.07, 6.45) is 14.1. The lowest BCUT2D eigenvalue weighted by Gasteiger charge is -2.57. The molecule has 0 aliphatic heterocycles. The fraction of sp³-hybridized carbons (Fsp3) is 0.808. The molecule has 31 heavy (non-hydrogen) atoms. The number of hydrogen-bond acceptors (Lipinski definition) is 4. The molecular weight excluding hydrogens is 384 g/mol. The summed E-state index contributed by atoms with van der Waals surface area (Å²) in [6, 6.07) is 4.77. The van der Waals surface area contributed by atoms with Crippen molar-refractivity contribution < 1.29 is 5.11 Å². The maximum atomic E-state index is 10.6. The first kappa shape index (κ1) is 21.0. The van der Waals surface area contributed by atoms with Gasteiger partial charge in [-0.15, -0.1) is 0 Å². The number of nitrogens with zero attached hydrogens (tertiary/aromatic N) is 4. The first-order valence-corrected chi connectivity index (χ1v) is 12.4. The monoisotopic (exact) mass is 420 g/mol. The Balaban J connectivity index is 1.33. The van der Waals surface area contributed by atoms with Crippen LogP contribution in [0.15, 0.2) is 12.4 Å². The lowest BCUT2D eigenvalue weighted by molar-refractivity contribution is -0.102. The molecule has 0 spiro atoms. The van der Waals surface area contributed by atoms with Crippen molar-refractivity contribution in [3.05, 3.63) is 18.0 Å². The van der Waals surface area contributed by atoms with E-state index in [1.807, 2.05) is 6.92 Å². The quantitative estimate of drug-likeness (QED) is 0.752. The van der Waals surface area contributed by atoms with Gasteiger partial charge in [-0.2, -0.15) is 15.6 Å². The van der Waals surface area contributed by atoms with Crippen molar-refractivity contribution in [3.8, 4) is 12.1 Å². The van der Waals surface area contributed by atoms with Crippen LogP contribution >= 0.6 is 0 Å². The molecule has 5 rings (SSSR count). The molecule has 4 aliphatic rings. The van der Waals surface area contributed by atoms with Gasteiger partial charge in [-0.25, -0.2) is 0 Å². The molecule has 5 heteroatoms. The highest BCUT2D eigenvalue weighted by atomic mass is 16.3. The maximum absolute atomic E-state index is 10.6. The molecule has 0 radical (unpaired) electrons. The molecule has 166 valence electrons. The van der Waals surface area contributed by atoms with Gasteiger partial charge < -0.3 is 5.11 Å². The number of rotatable bonds is 3. The van der Waals surface area contributed by atoms with E-state index in [-0.39, 0.29) is 11.3 Å². The largest absolute Gasteiger partial charge is 0.390 e. The normalized spacial score (nSPS) is 44.9. The molecule has 4 fully saturated rings. The molecule has 4 saturated carbocycles. The predicted molar refractivity (Wildman–Crippen MR) is 117 cm³/mol. The number of fused-ring (bicyclic) bond motifs is 5. The van der Waals surface area contributed by atoms with E-state index in [4.69, 9.17) is 5.26 Å². The lowest BCUT2D eigenvalue weighted by atomic mass is 9.48. The Hall–Kier alpha value is -1.85. The Labute approximate surface area is 186 Å². The minimum Gasteiger partial charge on any atom is -0.390 e. The average molecular weight is 421 g/mol. The van der Waals surface area contributed by atoms with E-state index in [1.165, 1.54) is 38.5 Å². The molecule has 1 aromatic heterocycles. The number of aliphatic hydroxyl groups is 1. The molecule has 9 atom stereocenters. The summed E-state index contributed by atoms with van der Waals surface area (Å²) >= 11 is 0. The molecule has 4 aliphatic carbocycles. The van der Waals surface area contributed by atoms with Crippen molar-refractivity contribution in [2.75, 3.05) is 0 Å². The van der Waals surface area contributed by atoms with Crippen LogP contribution in [0.3, 0.4) is 0 Å². The molecule has 1 heterocycles. The van der Waals surface area contributed by atoms with E-state index < -0.39 is 5.60 Å². The van der Waals surface area contributed by atoms with E-state index in [0.29, 0.717) is 23.9 Å². The summed E-state index contributed by atoms with van der Waals surface area (Å²) in [6.45, 7) is 5.12. The van der Waals surface area contributed by atoms with Gasteiger partial charge in [0.15, 0.2) is 0 Å². The predicted octanol–water partition coefficient (Wildman–Crippen LogP) is 4.91. The SMILES string of the molecule is C[C@@]1(O)CC[C@H]2[C@H](CC[C@@H]3[C@@H]2CC[C@]2(C)[C@@H]([C@H](C#N)Cn4cc(C#N)cn4)CC[C@@H]32)C1. The van der Waals surface area contributed by atoms with Gasteiger partial charge in [-0.05, 0) is 106 Å².